The highest BCUT2D eigenvalue weighted by atomic mass is 35.5. The fraction of sp³-hybridized carbons (Fsp3) is 0.238. The van der Waals surface area contributed by atoms with Gasteiger partial charge in [-0.3, -0.25) is 4.79 Å². The molecule has 0 spiro atoms. The molecule has 1 aromatic heterocycles. The molecule has 0 fully saturated rings. The monoisotopic (exact) mass is 434 g/mol. The molecule has 0 bridgehead atoms. The molecule has 3 aromatic rings. The van der Waals surface area contributed by atoms with Crippen LogP contribution < -0.4 is 9.47 Å². The van der Waals surface area contributed by atoms with Crippen LogP contribution in [-0.4, -0.2) is 37.1 Å². The van der Waals surface area contributed by atoms with Gasteiger partial charge in [0.15, 0.2) is 11.5 Å². The number of ether oxygens (including phenoxy) is 2. The molecule has 0 saturated carbocycles. The molecule has 3 rings (SSSR count). The van der Waals surface area contributed by atoms with Gasteiger partial charge in [0.25, 0.3) is 0 Å². The Morgan fingerprint density at radius 2 is 1.97 bits per heavy atom. The molecule has 0 atom stereocenters. The SMILES string of the molecule is COc1ccc(-c2nc(CC(=O)N(C)Cc3c(F)cccc3Cl)cs2)cc1OC. The second-order valence-electron chi connectivity index (χ2n) is 6.34. The molecule has 0 N–H and O–H groups in total. The first-order valence-corrected chi connectivity index (χ1v) is 10.0. The molecular formula is C21H20ClFN2O3S. The van der Waals surface area contributed by atoms with Crippen LogP contribution in [0.4, 0.5) is 4.39 Å². The summed E-state index contributed by atoms with van der Waals surface area (Å²) in [5.74, 6) is 0.644. The highest BCUT2D eigenvalue weighted by Crippen LogP contribution is 2.33. The summed E-state index contributed by atoms with van der Waals surface area (Å²) in [4.78, 5) is 18.6. The Balaban J connectivity index is 1.70. The number of rotatable bonds is 7. The number of hydrogen-bond acceptors (Lipinski definition) is 5. The number of hydrogen-bond donors (Lipinski definition) is 0. The van der Waals surface area contributed by atoms with Crippen molar-refractivity contribution in [1.29, 1.82) is 0 Å². The van der Waals surface area contributed by atoms with Gasteiger partial charge in [-0.2, -0.15) is 0 Å². The van der Waals surface area contributed by atoms with Gasteiger partial charge in [0.2, 0.25) is 5.91 Å². The average Bonchev–Trinajstić information content (AvgIpc) is 3.18. The third kappa shape index (κ3) is 4.86. The highest BCUT2D eigenvalue weighted by molar-refractivity contribution is 7.13. The van der Waals surface area contributed by atoms with Crippen molar-refractivity contribution >= 4 is 28.8 Å². The molecule has 8 heteroatoms. The summed E-state index contributed by atoms with van der Waals surface area (Å²) >= 11 is 7.49. The summed E-state index contributed by atoms with van der Waals surface area (Å²) in [5, 5.41) is 2.91. The zero-order chi connectivity index (χ0) is 21.0. The molecule has 1 amide bonds. The zero-order valence-corrected chi connectivity index (χ0v) is 17.8. The van der Waals surface area contributed by atoms with Crippen LogP contribution in [0.2, 0.25) is 5.02 Å². The molecule has 1 heterocycles. The predicted molar refractivity (Wildman–Crippen MR) is 112 cm³/mol. The van der Waals surface area contributed by atoms with E-state index in [-0.39, 0.29) is 18.9 Å². The summed E-state index contributed by atoms with van der Waals surface area (Å²) in [5.41, 5.74) is 1.82. The van der Waals surface area contributed by atoms with E-state index < -0.39 is 5.82 Å². The number of likely N-dealkylation sites (N-methyl/N-ethyl adjacent to an activating group) is 1. The first-order valence-electron chi connectivity index (χ1n) is 8.76. The molecule has 0 unspecified atom stereocenters. The first kappa shape index (κ1) is 21.1. The Hall–Kier alpha value is -2.64. The second kappa shape index (κ2) is 9.24. The number of benzene rings is 2. The fourth-order valence-electron chi connectivity index (χ4n) is 2.79. The molecule has 0 aliphatic heterocycles. The van der Waals surface area contributed by atoms with Gasteiger partial charge in [0.1, 0.15) is 10.8 Å². The van der Waals surface area contributed by atoms with E-state index in [0.717, 1.165) is 10.6 Å². The van der Waals surface area contributed by atoms with Crippen LogP contribution in [0.15, 0.2) is 41.8 Å². The quantitative estimate of drug-likeness (QED) is 0.535. The molecular weight excluding hydrogens is 415 g/mol. The molecule has 0 aliphatic rings. The van der Waals surface area contributed by atoms with Gasteiger partial charge in [-0.1, -0.05) is 17.7 Å². The van der Waals surface area contributed by atoms with Crippen molar-refractivity contribution in [1.82, 2.24) is 9.88 Å². The van der Waals surface area contributed by atoms with E-state index in [0.29, 0.717) is 27.8 Å². The molecule has 5 nitrogen and oxygen atoms in total. The number of carbonyl (C=O) groups is 1. The smallest absolute Gasteiger partial charge is 0.228 e. The van der Waals surface area contributed by atoms with E-state index in [9.17, 15) is 9.18 Å². The maximum atomic E-state index is 14.0. The number of carbonyl (C=O) groups excluding carboxylic acids is 1. The average molecular weight is 435 g/mol. The first-order chi connectivity index (χ1) is 13.9. The molecule has 2 aromatic carbocycles. The van der Waals surface area contributed by atoms with Crippen LogP contribution in [0.1, 0.15) is 11.3 Å². The number of amides is 1. The number of aromatic nitrogens is 1. The summed E-state index contributed by atoms with van der Waals surface area (Å²) in [7, 11) is 4.77. The Morgan fingerprint density at radius 3 is 2.66 bits per heavy atom. The van der Waals surface area contributed by atoms with E-state index in [4.69, 9.17) is 21.1 Å². The Labute approximate surface area is 177 Å². The standard InChI is InChI=1S/C21H20ClFN2O3S/c1-25(11-15-16(22)5-4-6-17(15)23)20(26)10-14-12-29-21(24-14)13-7-8-18(27-2)19(9-13)28-3/h4-9,12H,10-11H2,1-3H3. The summed E-state index contributed by atoms with van der Waals surface area (Å²) in [6.07, 6.45) is 0.117. The van der Waals surface area contributed by atoms with Gasteiger partial charge in [0.05, 0.1) is 26.3 Å². The van der Waals surface area contributed by atoms with Gasteiger partial charge in [-0.15, -0.1) is 11.3 Å². The van der Waals surface area contributed by atoms with Gasteiger partial charge >= 0.3 is 0 Å². The van der Waals surface area contributed by atoms with Crippen LogP contribution in [0, 0.1) is 5.82 Å². The second-order valence-corrected chi connectivity index (χ2v) is 7.61. The van der Waals surface area contributed by atoms with Crippen molar-refractivity contribution < 1.29 is 18.7 Å². The number of nitrogens with zero attached hydrogens (tertiary/aromatic N) is 2. The van der Waals surface area contributed by atoms with Crippen LogP contribution in [0.3, 0.4) is 0 Å². The Bertz CT molecular complexity index is 1000. The topological polar surface area (TPSA) is 51.7 Å². The van der Waals surface area contributed by atoms with Crippen LogP contribution in [0.25, 0.3) is 10.6 Å². The number of thiazole rings is 1. The summed E-state index contributed by atoms with van der Waals surface area (Å²) in [6.45, 7) is 0.0943. The normalized spacial score (nSPS) is 10.7. The van der Waals surface area contributed by atoms with E-state index >= 15 is 0 Å². The minimum absolute atomic E-state index is 0.0943. The van der Waals surface area contributed by atoms with E-state index in [1.807, 2.05) is 23.6 Å². The van der Waals surface area contributed by atoms with E-state index in [2.05, 4.69) is 4.98 Å². The third-order valence-electron chi connectivity index (χ3n) is 4.40. The minimum atomic E-state index is -0.429. The molecule has 152 valence electrons. The summed E-state index contributed by atoms with van der Waals surface area (Å²) in [6, 6.07) is 10.0. The van der Waals surface area contributed by atoms with Crippen molar-refractivity contribution in [3.63, 3.8) is 0 Å². The lowest BCUT2D eigenvalue weighted by molar-refractivity contribution is -0.129. The van der Waals surface area contributed by atoms with Crippen LogP contribution in [-0.2, 0) is 17.8 Å². The lowest BCUT2D eigenvalue weighted by atomic mass is 10.2. The lowest BCUT2D eigenvalue weighted by Crippen LogP contribution is -2.28. The summed E-state index contributed by atoms with van der Waals surface area (Å²) < 4.78 is 24.5. The van der Waals surface area contributed by atoms with E-state index in [1.165, 1.54) is 28.4 Å². The maximum Gasteiger partial charge on any atom is 0.228 e. The van der Waals surface area contributed by atoms with Crippen LogP contribution in [0.5, 0.6) is 11.5 Å². The number of halogens is 2. The molecule has 0 aliphatic carbocycles. The molecule has 29 heavy (non-hydrogen) atoms. The minimum Gasteiger partial charge on any atom is -0.493 e. The van der Waals surface area contributed by atoms with Gasteiger partial charge < -0.3 is 14.4 Å². The predicted octanol–water partition coefficient (Wildman–Crippen LogP) is 4.82. The van der Waals surface area contributed by atoms with Gasteiger partial charge in [-0.25, -0.2) is 9.37 Å². The Morgan fingerprint density at radius 1 is 1.21 bits per heavy atom. The fourth-order valence-corrected chi connectivity index (χ4v) is 3.83. The zero-order valence-electron chi connectivity index (χ0n) is 16.2. The van der Waals surface area contributed by atoms with Gasteiger partial charge in [0, 0.05) is 35.1 Å². The van der Waals surface area contributed by atoms with E-state index in [1.54, 1.807) is 27.3 Å². The van der Waals surface area contributed by atoms with Crippen molar-refractivity contribution in [3.05, 3.63) is 63.9 Å². The van der Waals surface area contributed by atoms with Crippen molar-refractivity contribution in [2.24, 2.45) is 0 Å². The molecule has 0 radical (unpaired) electrons. The molecule has 0 saturated heterocycles. The van der Waals surface area contributed by atoms with Crippen molar-refractivity contribution in [3.8, 4) is 22.1 Å². The highest BCUT2D eigenvalue weighted by Gasteiger charge is 2.17. The Kier molecular flexibility index (Phi) is 6.71. The van der Waals surface area contributed by atoms with Crippen molar-refractivity contribution in [2.75, 3.05) is 21.3 Å². The number of methoxy groups -OCH3 is 2. The van der Waals surface area contributed by atoms with Crippen LogP contribution >= 0.6 is 22.9 Å². The van der Waals surface area contributed by atoms with Crippen molar-refractivity contribution in [2.45, 2.75) is 13.0 Å². The van der Waals surface area contributed by atoms with Gasteiger partial charge in [-0.05, 0) is 30.3 Å². The largest absolute Gasteiger partial charge is 0.493 e. The third-order valence-corrected chi connectivity index (χ3v) is 5.69. The lowest BCUT2D eigenvalue weighted by Gasteiger charge is -2.18. The maximum absolute atomic E-state index is 14.0.